The largest absolute Gasteiger partial charge is 0.460 e. The van der Waals surface area contributed by atoms with Gasteiger partial charge in [0.1, 0.15) is 11.6 Å². The molecule has 0 fully saturated rings. The number of methoxy groups -OCH3 is 1. The summed E-state index contributed by atoms with van der Waals surface area (Å²) in [5.41, 5.74) is 3.04. The van der Waals surface area contributed by atoms with Crippen LogP contribution in [0.4, 0.5) is 4.79 Å². The second-order valence-corrected chi connectivity index (χ2v) is 11.9. The minimum absolute atomic E-state index is 0.281. The number of hydrogen-bond donors (Lipinski definition) is 1. The lowest BCUT2D eigenvalue weighted by molar-refractivity contribution is -0.157. The molecule has 1 N–H and O–H groups in total. The van der Waals surface area contributed by atoms with Crippen LogP contribution in [0, 0.1) is 0 Å². The van der Waals surface area contributed by atoms with Crippen molar-refractivity contribution in [3.63, 3.8) is 0 Å². The summed E-state index contributed by atoms with van der Waals surface area (Å²) < 4.78 is 10.8. The fourth-order valence-electron chi connectivity index (χ4n) is 5.57. The first kappa shape index (κ1) is 32.2. The summed E-state index contributed by atoms with van der Waals surface area (Å²) in [6.45, 7) is 8.05. The van der Waals surface area contributed by atoms with Crippen molar-refractivity contribution in [3.8, 4) is 11.1 Å². The van der Waals surface area contributed by atoms with Crippen molar-refractivity contribution in [2.45, 2.75) is 110 Å². The summed E-state index contributed by atoms with van der Waals surface area (Å²) in [7, 11) is 1.30. The van der Waals surface area contributed by atoms with Crippen molar-refractivity contribution in [2.24, 2.45) is 0 Å². The lowest BCUT2D eigenvalue weighted by atomic mass is 10.00. The zero-order valence-corrected chi connectivity index (χ0v) is 25.5. The van der Waals surface area contributed by atoms with Crippen LogP contribution in [0.2, 0.25) is 0 Å². The standard InChI is InChI=1S/C34H48N2O5/c1-6-7-8-9-10-11-12-13-18-23-35-32(38)29(24-30(37)41-34(2,3)4)36(33(39)40-5)31-27-21-16-14-19-25(27)26-20-15-17-22-28(26)31/h14-17,19-22,29,31H,6-13,18,23-24H2,1-5H3,(H,35,38)/t29-/m0/s1. The molecule has 0 aliphatic heterocycles. The minimum atomic E-state index is -1.11. The zero-order valence-electron chi connectivity index (χ0n) is 25.5. The molecule has 0 unspecified atom stereocenters. The van der Waals surface area contributed by atoms with Crippen LogP contribution in [-0.2, 0) is 19.1 Å². The summed E-state index contributed by atoms with van der Waals surface area (Å²) in [5.74, 6) is -0.933. The van der Waals surface area contributed by atoms with E-state index in [2.05, 4.69) is 12.2 Å². The number of carbonyl (C=O) groups is 3. The molecule has 0 saturated carbocycles. The van der Waals surface area contributed by atoms with Gasteiger partial charge in [0.05, 0.1) is 19.6 Å². The average Bonchev–Trinajstić information content (AvgIpc) is 3.26. The molecule has 0 aromatic heterocycles. The number of nitrogens with zero attached hydrogens (tertiary/aromatic N) is 1. The molecule has 0 heterocycles. The van der Waals surface area contributed by atoms with Crippen molar-refractivity contribution in [3.05, 3.63) is 59.7 Å². The van der Waals surface area contributed by atoms with Gasteiger partial charge >= 0.3 is 12.1 Å². The van der Waals surface area contributed by atoms with E-state index in [1.165, 1.54) is 50.5 Å². The fraction of sp³-hybridized carbons (Fsp3) is 0.559. The zero-order chi connectivity index (χ0) is 29.8. The summed E-state index contributed by atoms with van der Waals surface area (Å²) in [4.78, 5) is 41.7. The van der Waals surface area contributed by atoms with Crippen LogP contribution in [0.1, 0.15) is 109 Å². The van der Waals surface area contributed by atoms with E-state index >= 15 is 0 Å². The Kier molecular flexibility index (Phi) is 12.2. The number of fused-ring (bicyclic) bond motifs is 3. The number of esters is 1. The summed E-state index contributed by atoms with van der Waals surface area (Å²) in [6.07, 6.45) is 9.64. The number of unbranched alkanes of at least 4 members (excludes halogenated alkanes) is 8. The molecule has 41 heavy (non-hydrogen) atoms. The number of hydrogen-bond acceptors (Lipinski definition) is 5. The number of nitrogens with one attached hydrogen (secondary N) is 1. The third-order valence-corrected chi connectivity index (χ3v) is 7.46. The highest BCUT2D eigenvalue weighted by Gasteiger charge is 2.43. The van der Waals surface area contributed by atoms with Gasteiger partial charge in [-0.2, -0.15) is 0 Å². The van der Waals surface area contributed by atoms with E-state index in [0.717, 1.165) is 41.5 Å². The molecule has 1 atom stereocenters. The molecule has 1 aliphatic rings. The average molecular weight is 565 g/mol. The van der Waals surface area contributed by atoms with E-state index in [1.807, 2.05) is 48.5 Å². The Labute approximate surface area is 246 Å². The fourth-order valence-corrected chi connectivity index (χ4v) is 5.57. The van der Waals surface area contributed by atoms with Gasteiger partial charge in [-0.25, -0.2) is 4.79 Å². The molecule has 7 heteroatoms. The highest BCUT2D eigenvalue weighted by Crippen LogP contribution is 2.47. The van der Waals surface area contributed by atoms with Crippen molar-refractivity contribution >= 4 is 18.0 Å². The van der Waals surface area contributed by atoms with Gasteiger partial charge < -0.3 is 14.8 Å². The Bertz CT molecular complexity index is 1110. The molecule has 0 radical (unpaired) electrons. The molecule has 2 aromatic rings. The van der Waals surface area contributed by atoms with Gasteiger partial charge in [-0.3, -0.25) is 14.5 Å². The predicted octanol–water partition coefficient (Wildman–Crippen LogP) is 7.57. The molecule has 1 aliphatic carbocycles. The highest BCUT2D eigenvalue weighted by atomic mass is 16.6. The number of ether oxygens (including phenoxy) is 2. The van der Waals surface area contributed by atoms with Gasteiger partial charge in [0, 0.05) is 6.54 Å². The maximum atomic E-state index is 13.8. The summed E-state index contributed by atoms with van der Waals surface area (Å²) >= 11 is 0. The maximum absolute atomic E-state index is 13.8. The second kappa shape index (κ2) is 15.6. The van der Waals surface area contributed by atoms with Gasteiger partial charge in [-0.05, 0) is 49.4 Å². The smallest absolute Gasteiger partial charge is 0.410 e. The molecule has 2 amide bonds. The van der Waals surface area contributed by atoms with Gasteiger partial charge in [0.25, 0.3) is 0 Å². The SMILES string of the molecule is CCCCCCCCCCCNC(=O)[C@H](CC(=O)OC(C)(C)C)N(C(=O)OC)C1c2ccccc2-c2ccccc21. The number of amides is 2. The Morgan fingerprint density at radius 3 is 1.85 bits per heavy atom. The maximum Gasteiger partial charge on any atom is 0.410 e. The summed E-state index contributed by atoms with van der Waals surface area (Å²) in [5, 5.41) is 3.00. The van der Waals surface area contributed by atoms with E-state index in [9.17, 15) is 14.4 Å². The molecule has 3 rings (SSSR count). The monoisotopic (exact) mass is 564 g/mol. The third kappa shape index (κ3) is 9.07. The van der Waals surface area contributed by atoms with Crippen LogP contribution in [0.15, 0.2) is 48.5 Å². The first-order chi connectivity index (χ1) is 19.7. The predicted molar refractivity (Wildman–Crippen MR) is 162 cm³/mol. The van der Waals surface area contributed by atoms with E-state index in [4.69, 9.17) is 9.47 Å². The number of benzene rings is 2. The lowest BCUT2D eigenvalue weighted by Gasteiger charge is -2.35. The Morgan fingerprint density at radius 1 is 0.829 bits per heavy atom. The first-order valence-electron chi connectivity index (χ1n) is 15.2. The topological polar surface area (TPSA) is 84.9 Å². The van der Waals surface area contributed by atoms with Crippen LogP contribution >= 0.6 is 0 Å². The van der Waals surface area contributed by atoms with Crippen LogP contribution in [-0.4, -0.2) is 48.2 Å². The molecular formula is C34H48N2O5. The van der Waals surface area contributed by atoms with Crippen molar-refractivity contribution in [2.75, 3.05) is 13.7 Å². The second-order valence-electron chi connectivity index (χ2n) is 11.9. The minimum Gasteiger partial charge on any atom is -0.460 e. The van der Waals surface area contributed by atoms with E-state index in [1.54, 1.807) is 20.8 Å². The number of rotatable bonds is 15. The first-order valence-corrected chi connectivity index (χ1v) is 15.2. The molecule has 0 spiro atoms. The molecule has 2 aromatic carbocycles. The Hall–Kier alpha value is -3.35. The van der Waals surface area contributed by atoms with Gasteiger partial charge in [-0.1, -0.05) is 107 Å². The molecule has 0 saturated heterocycles. The van der Waals surface area contributed by atoms with Crippen molar-refractivity contribution in [1.29, 1.82) is 0 Å². The van der Waals surface area contributed by atoms with E-state index < -0.39 is 29.7 Å². The van der Waals surface area contributed by atoms with Crippen LogP contribution in [0.5, 0.6) is 0 Å². The summed E-state index contributed by atoms with van der Waals surface area (Å²) in [6, 6.07) is 14.0. The lowest BCUT2D eigenvalue weighted by Crippen LogP contribution is -2.52. The van der Waals surface area contributed by atoms with E-state index in [-0.39, 0.29) is 12.3 Å². The normalized spacial score (nSPS) is 13.2. The van der Waals surface area contributed by atoms with Gasteiger partial charge in [-0.15, -0.1) is 0 Å². The molecule has 0 bridgehead atoms. The van der Waals surface area contributed by atoms with Crippen molar-refractivity contribution < 1.29 is 23.9 Å². The quantitative estimate of drug-likeness (QED) is 0.178. The van der Waals surface area contributed by atoms with Gasteiger partial charge in [0.15, 0.2) is 0 Å². The molecule has 224 valence electrons. The number of carbonyl (C=O) groups excluding carboxylic acids is 3. The van der Waals surface area contributed by atoms with Crippen LogP contribution < -0.4 is 5.32 Å². The molecule has 7 nitrogen and oxygen atoms in total. The van der Waals surface area contributed by atoms with Crippen LogP contribution in [0.25, 0.3) is 11.1 Å². The van der Waals surface area contributed by atoms with Crippen LogP contribution in [0.3, 0.4) is 0 Å². The Morgan fingerprint density at radius 2 is 1.34 bits per heavy atom. The third-order valence-electron chi connectivity index (χ3n) is 7.46. The molecular weight excluding hydrogens is 516 g/mol. The van der Waals surface area contributed by atoms with Gasteiger partial charge in [0.2, 0.25) is 5.91 Å². The Balaban J connectivity index is 1.79. The van der Waals surface area contributed by atoms with E-state index in [0.29, 0.717) is 6.54 Å². The highest BCUT2D eigenvalue weighted by molar-refractivity contribution is 5.91. The van der Waals surface area contributed by atoms with Crippen molar-refractivity contribution in [1.82, 2.24) is 10.2 Å².